The summed E-state index contributed by atoms with van der Waals surface area (Å²) in [5.74, 6) is -0.853. The first-order valence-corrected chi connectivity index (χ1v) is 10.2. The SMILES string of the molecule is CS(=O)(=O)c1ccc(-c2nc(C(F)(F)F)sc2C2C=CC(F)=CC2)cc1. The van der Waals surface area contributed by atoms with E-state index in [9.17, 15) is 26.0 Å². The molecule has 0 N–H and O–H groups in total. The van der Waals surface area contributed by atoms with E-state index in [1.165, 1.54) is 42.5 Å². The number of rotatable bonds is 3. The number of thiazole rings is 1. The van der Waals surface area contributed by atoms with Gasteiger partial charge in [-0.15, -0.1) is 11.3 Å². The molecule has 138 valence electrons. The van der Waals surface area contributed by atoms with Crippen LogP contribution >= 0.6 is 11.3 Å². The summed E-state index contributed by atoms with van der Waals surface area (Å²) in [6.07, 6.45) is 0.731. The van der Waals surface area contributed by atoms with Crippen molar-refractivity contribution in [1.29, 1.82) is 0 Å². The van der Waals surface area contributed by atoms with Crippen molar-refractivity contribution >= 4 is 21.2 Å². The molecule has 0 saturated heterocycles. The van der Waals surface area contributed by atoms with Gasteiger partial charge in [0.1, 0.15) is 5.83 Å². The number of halogens is 4. The number of nitrogens with zero attached hydrogens (tertiary/aromatic N) is 1. The molecular formula is C17H13F4NO2S2. The predicted octanol–water partition coefficient (Wildman–Crippen LogP) is 5.13. The summed E-state index contributed by atoms with van der Waals surface area (Å²) < 4.78 is 75.6. The number of allylic oxidation sites excluding steroid dienone is 4. The van der Waals surface area contributed by atoms with E-state index in [1.54, 1.807) is 0 Å². The van der Waals surface area contributed by atoms with Crippen LogP contribution < -0.4 is 0 Å². The minimum atomic E-state index is -4.59. The zero-order valence-electron chi connectivity index (χ0n) is 13.4. The summed E-state index contributed by atoms with van der Waals surface area (Å²) in [6, 6.07) is 5.52. The van der Waals surface area contributed by atoms with Crippen molar-refractivity contribution in [3.8, 4) is 11.3 Å². The number of alkyl halides is 3. The molecule has 0 saturated carbocycles. The van der Waals surface area contributed by atoms with Crippen molar-refractivity contribution in [2.45, 2.75) is 23.4 Å². The van der Waals surface area contributed by atoms with Crippen LogP contribution in [0.15, 0.2) is 53.2 Å². The molecule has 26 heavy (non-hydrogen) atoms. The highest BCUT2D eigenvalue weighted by atomic mass is 32.2. The summed E-state index contributed by atoms with van der Waals surface area (Å²) in [5, 5.41) is -0.988. The topological polar surface area (TPSA) is 47.0 Å². The molecule has 0 fully saturated rings. The van der Waals surface area contributed by atoms with Crippen molar-refractivity contribution in [2.75, 3.05) is 6.26 Å². The lowest BCUT2D eigenvalue weighted by atomic mass is 9.95. The summed E-state index contributed by atoms with van der Waals surface area (Å²) >= 11 is 0.521. The van der Waals surface area contributed by atoms with E-state index >= 15 is 0 Å². The average Bonchev–Trinajstić information content (AvgIpc) is 3.00. The van der Waals surface area contributed by atoms with Gasteiger partial charge in [0.2, 0.25) is 0 Å². The fraction of sp³-hybridized carbons (Fsp3) is 0.235. The van der Waals surface area contributed by atoms with Crippen LogP contribution in [0.25, 0.3) is 11.3 Å². The van der Waals surface area contributed by atoms with Crippen LogP contribution in [-0.4, -0.2) is 19.7 Å². The third-order valence-electron chi connectivity index (χ3n) is 3.84. The lowest BCUT2D eigenvalue weighted by Crippen LogP contribution is -2.03. The zero-order chi connectivity index (χ0) is 19.1. The van der Waals surface area contributed by atoms with E-state index in [0.717, 1.165) is 6.26 Å². The minimum absolute atomic E-state index is 0.0663. The van der Waals surface area contributed by atoms with E-state index in [0.29, 0.717) is 21.8 Å². The lowest BCUT2D eigenvalue weighted by molar-refractivity contribution is -0.137. The zero-order valence-corrected chi connectivity index (χ0v) is 15.1. The number of aromatic nitrogens is 1. The molecule has 1 atom stereocenters. The second-order valence-electron chi connectivity index (χ2n) is 5.82. The van der Waals surface area contributed by atoms with Gasteiger partial charge in [-0.05, 0) is 30.7 Å². The predicted molar refractivity (Wildman–Crippen MR) is 91.4 cm³/mol. The van der Waals surface area contributed by atoms with Crippen LogP contribution in [0.2, 0.25) is 0 Å². The molecular weight excluding hydrogens is 390 g/mol. The van der Waals surface area contributed by atoms with Gasteiger partial charge in [-0.25, -0.2) is 17.8 Å². The molecule has 1 heterocycles. The Balaban J connectivity index is 2.08. The van der Waals surface area contributed by atoms with E-state index < -0.39 is 32.8 Å². The number of hydrogen-bond acceptors (Lipinski definition) is 4. The molecule has 0 bridgehead atoms. The Hall–Kier alpha value is -2.00. The molecule has 3 rings (SSSR count). The standard InChI is InChI=1S/C17H13F4NO2S2/c1-26(23,24)13-8-4-10(5-9-13)14-15(11-2-6-12(18)7-3-11)25-16(22-14)17(19,20)21/h2,4-9,11H,3H2,1H3. The van der Waals surface area contributed by atoms with Crippen LogP contribution in [0.4, 0.5) is 17.6 Å². The summed E-state index contributed by atoms with van der Waals surface area (Å²) in [6.45, 7) is 0. The molecule has 0 radical (unpaired) electrons. The first-order chi connectivity index (χ1) is 12.1. The van der Waals surface area contributed by atoms with Crippen molar-refractivity contribution < 1.29 is 26.0 Å². The third kappa shape index (κ3) is 3.88. The van der Waals surface area contributed by atoms with Crippen LogP contribution in [-0.2, 0) is 16.0 Å². The first kappa shape index (κ1) is 18.8. The van der Waals surface area contributed by atoms with Crippen molar-refractivity contribution in [3.05, 3.63) is 58.2 Å². The fourth-order valence-corrected chi connectivity index (χ4v) is 4.24. The summed E-state index contributed by atoms with van der Waals surface area (Å²) in [7, 11) is -3.41. The molecule has 1 aliphatic rings. The van der Waals surface area contributed by atoms with Gasteiger partial charge >= 0.3 is 6.18 Å². The normalized spacial score (nSPS) is 18.0. The monoisotopic (exact) mass is 403 g/mol. The second-order valence-corrected chi connectivity index (χ2v) is 8.86. The summed E-state index contributed by atoms with van der Waals surface area (Å²) in [4.78, 5) is 4.17. The molecule has 1 aliphatic carbocycles. The van der Waals surface area contributed by atoms with Crippen molar-refractivity contribution in [1.82, 2.24) is 4.98 Å². The molecule has 2 aromatic rings. The molecule has 3 nitrogen and oxygen atoms in total. The molecule has 1 aromatic carbocycles. The van der Waals surface area contributed by atoms with Gasteiger partial charge in [-0.1, -0.05) is 18.2 Å². The molecule has 0 spiro atoms. The highest BCUT2D eigenvalue weighted by Gasteiger charge is 2.37. The highest BCUT2D eigenvalue weighted by molar-refractivity contribution is 7.90. The van der Waals surface area contributed by atoms with Crippen LogP contribution in [0.3, 0.4) is 0 Å². The maximum absolute atomic E-state index is 13.2. The Morgan fingerprint density at radius 2 is 1.85 bits per heavy atom. The molecule has 1 unspecified atom stereocenters. The Labute approximate surface area is 151 Å². The quantitative estimate of drug-likeness (QED) is 0.668. The van der Waals surface area contributed by atoms with Gasteiger partial charge in [-0.2, -0.15) is 13.2 Å². The Bertz CT molecular complexity index is 987. The smallest absolute Gasteiger partial charge is 0.232 e. The van der Waals surface area contributed by atoms with Gasteiger partial charge < -0.3 is 0 Å². The van der Waals surface area contributed by atoms with E-state index in [2.05, 4.69) is 4.98 Å². The maximum atomic E-state index is 13.2. The van der Waals surface area contributed by atoms with Crippen LogP contribution in [0, 0.1) is 0 Å². The van der Waals surface area contributed by atoms with Gasteiger partial charge in [0.05, 0.1) is 10.6 Å². The van der Waals surface area contributed by atoms with E-state index in [1.807, 2.05) is 0 Å². The second kappa shape index (κ2) is 6.62. The fourth-order valence-electron chi connectivity index (χ4n) is 2.56. The lowest BCUT2D eigenvalue weighted by Gasteiger charge is -2.13. The molecule has 9 heteroatoms. The van der Waals surface area contributed by atoms with Crippen LogP contribution in [0.5, 0.6) is 0 Å². The summed E-state index contributed by atoms with van der Waals surface area (Å²) in [5.41, 5.74) is 0.510. The Kier molecular flexibility index (Phi) is 4.78. The number of benzene rings is 1. The van der Waals surface area contributed by atoms with Gasteiger partial charge in [-0.3, -0.25) is 0 Å². The Morgan fingerprint density at radius 1 is 1.19 bits per heavy atom. The Morgan fingerprint density at radius 3 is 2.35 bits per heavy atom. The third-order valence-corrected chi connectivity index (χ3v) is 6.20. The van der Waals surface area contributed by atoms with E-state index in [4.69, 9.17) is 0 Å². The van der Waals surface area contributed by atoms with Gasteiger partial charge in [0, 0.05) is 22.6 Å². The van der Waals surface area contributed by atoms with E-state index in [-0.39, 0.29) is 17.0 Å². The highest BCUT2D eigenvalue weighted by Crippen LogP contribution is 2.43. The molecule has 1 aromatic heterocycles. The maximum Gasteiger partial charge on any atom is 0.443 e. The minimum Gasteiger partial charge on any atom is -0.232 e. The van der Waals surface area contributed by atoms with Crippen molar-refractivity contribution in [2.24, 2.45) is 0 Å². The van der Waals surface area contributed by atoms with Gasteiger partial charge in [0.15, 0.2) is 14.8 Å². The number of sulfone groups is 1. The largest absolute Gasteiger partial charge is 0.443 e. The first-order valence-electron chi connectivity index (χ1n) is 7.48. The van der Waals surface area contributed by atoms with Crippen molar-refractivity contribution in [3.63, 3.8) is 0 Å². The van der Waals surface area contributed by atoms with Gasteiger partial charge in [0.25, 0.3) is 0 Å². The van der Waals surface area contributed by atoms with Crippen LogP contribution in [0.1, 0.15) is 22.2 Å². The molecule has 0 aliphatic heterocycles. The average molecular weight is 403 g/mol. The number of hydrogen-bond donors (Lipinski definition) is 0. The molecule has 0 amide bonds.